The molecule has 1 aromatic heterocycles. The van der Waals surface area contributed by atoms with E-state index in [1.807, 2.05) is 36.9 Å². The molecule has 2 aromatic rings. The van der Waals surface area contributed by atoms with E-state index in [2.05, 4.69) is 0 Å². The lowest BCUT2D eigenvalue weighted by Crippen LogP contribution is -2.44. The molecular weight excluding hydrogens is 453 g/mol. The monoisotopic (exact) mass is 483 g/mol. The third-order valence-electron chi connectivity index (χ3n) is 5.02. The molecule has 0 aliphatic carbocycles. The van der Waals surface area contributed by atoms with Gasteiger partial charge in [0.15, 0.2) is 0 Å². The molecule has 0 atom stereocenters. The molecule has 0 bridgehead atoms. The van der Waals surface area contributed by atoms with Crippen molar-refractivity contribution in [1.82, 2.24) is 14.4 Å². The molecule has 0 aliphatic heterocycles. The maximum Gasteiger partial charge on any atom is 0.254 e. The Balaban J connectivity index is 2.18. The second-order valence-electron chi connectivity index (χ2n) is 7.32. The van der Waals surface area contributed by atoms with E-state index in [-0.39, 0.29) is 18.4 Å². The molecule has 0 N–H and O–H groups in total. The summed E-state index contributed by atoms with van der Waals surface area (Å²) in [7, 11) is 3.53. The number of methoxy groups -OCH3 is 1. The number of aryl methyl sites for hydroxylation is 1. The molecule has 0 saturated carbocycles. The Bertz CT molecular complexity index is 888. The molecule has 2 amide bonds. The van der Waals surface area contributed by atoms with Crippen molar-refractivity contribution in [3.8, 4) is 0 Å². The molecular formula is C23H31Cl2N3O4. The van der Waals surface area contributed by atoms with Crippen molar-refractivity contribution >= 4 is 35.0 Å². The number of hydrogen-bond acceptors (Lipinski definition) is 4. The highest BCUT2D eigenvalue weighted by Gasteiger charge is 2.23. The van der Waals surface area contributed by atoms with Crippen LogP contribution < -0.4 is 0 Å². The van der Waals surface area contributed by atoms with Gasteiger partial charge in [0.05, 0.1) is 23.2 Å². The van der Waals surface area contributed by atoms with E-state index >= 15 is 0 Å². The largest absolute Gasteiger partial charge is 0.383 e. The first-order chi connectivity index (χ1) is 15.4. The van der Waals surface area contributed by atoms with Crippen molar-refractivity contribution in [3.05, 3.63) is 57.8 Å². The van der Waals surface area contributed by atoms with Gasteiger partial charge in [-0.1, -0.05) is 23.2 Å². The Hall–Kier alpha value is -2.06. The lowest BCUT2D eigenvalue weighted by atomic mass is 10.2. The van der Waals surface area contributed by atoms with Crippen molar-refractivity contribution in [2.75, 3.05) is 46.6 Å². The summed E-state index contributed by atoms with van der Waals surface area (Å²) >= 11 is 12.1. The molecule has 0 aliphatic rings. The summed E-state index contributed by atoms with van der Waals surface area (Å²) in [5.74, 6) is -0.438. The van der Waals surface area contributed by atoms with Crippen molar-refractivity contribution in [1.29, 1.82) is 0 Å². The molecule has 9 heteroatoms. The van der Waals surface area contributed by atoms with Gasteiger partial charge in [-0.15, -0.1) is 0 Å². The van der Waals surface area contributed by atoms with E-state index in [1.165, 1.54) is 11.0 Å². The summed E-state index contributed by atoms with van der Waals surface area (Å²) in [6.07, 6.45) is 2.55. The first-order valence-corrected chi connectivity index (χ1v) is 11.3. The van der Waals surface area contributed by atoms with Crippen LogP contribution in [0.3, 0.4) is 0 Å². The lowest BCUT2D eigenvalue weighted by molar-refractivity contribution is -0.133. The van der Waals surface area contributed by atoms with Gasteiger partial charge in [0.2, 0.25) is 5.91 Å². The van der Waals surface area contributed by atoms with E-state index in [1.54, 1.807) is 24.1 Å². The number of rotatable bonds is 13. The van der Waals surface area contributed by atoms with Crippen LogP contribution in [0, 0.1) is 0 Å². The third kappa shape index (κ3) is 7.81. The van der Waals surface area contributed by atoms with Crippen molar-refractivity contribution in [3.63, 3.8) is 0 Å². The molecule has 1 heterocycles. The Morgan fingerprint density at radius 3 is 2.47 bits per heavy atom. The third-order valence-corrected chi connectivity index (χ3v) is 5.76. The minimum absolute atomic E-state index is 0.0562. The van der Waals surface area contributed by atoms with Gasteiger partial charge in [-0.25, -0.2) is 0 Å². The van der Waals surface area contributed by atoms with Crippen LogP contribution in [0.5, 0.6) is 0 Å². The van der Waals surface area contributed by atoms with E-state index in [4.69, 9.17) is 32.7 Å². The van der Waals surface area contributed by atoms with Crippen LogP contribution in [0.2, 0.25) is 10.0 Å². The van der Waals surface area contributed by atoms with E-state index in [0.717, 1.165) is 5.69 Å². The maximum absolute atomic E-state index is 13.2. The topological polar surface area (TPSA) is 64.0 Å². The van der Waals surface area contributed by atoms with Gasteiger partial charge in [-0.3, -0.25) is 9.59 Å². The van der Waals surface area contributed by atoms with Gasteiger partial charge < -0.3 is 23.8 Å². The molecule has 176 valence electrons. The number of carbonyl (C=O) groups is 2. The molecule has 32 heavy (non-hydrogen) atoms. The number of amides is 2. The highest BCUT2D eigenvalue weighted by Crippen LogP contribution is 2.23. The quantitative estimate of drug-likeness (QED) is 0.405. The van der Waals surface area contributed by atoms with Crippen molar-refractivity contribution in [2.24, 2.45) is 7.05 Å². The molecule has 0 saturated heterocycles. The molecule has 7 nitrogen and oxygen atoms in total. The highest BCUT2D eigenvalue weighted by atomic mass is 35.5. The van der Waals surface area contributed by atoms with Crippen molar-refractivity contribution < 1.29 is 19.1 Å². The van der Waals surface area contributed by atoms with Gasteiger partial charge in [-0.2, -0.15) is 0 Å². The molecule has 0 unspecified atom stereocenters. The first-order valence-electron chi connectivity index (χ1n) is 10.6. The zero-order chi connectivity index (χ0) is 23.5. The Morgan fingerprint density at radius 2 is 1.84 bits per heavy atom. The first kappa shape index (κ1) is 26.2. The van der Waals surface area contributed by atoms with Gasteiger partial charge >= 0.3 is 0 Å². The summed E-state index contributed by atoms with van der Waals surface area (Å²) in [5.41, 5.74) is 1.38. The van der Waals surface area contributed by atoms with Crippen LogP contribution in [0.25, 0.3) is 0 Å². The summed E-state index contributed by atoms with van der Waals surface area (Å²) in [6, 6.07) is 8.62. The van der Waals surface area contributed by atoms with Crippen LogP contribution in [-0.2, 0) is 27.9 Å². The van der Waals surface area contributed by atoms with Crippen LogP contribution >= 0.6 is 23.2 Å². The highest BCUT2D eigenvalue weighted by molar-refractivity contribution is 6.42. The van der Waals surface area contributed by atoms with E-state index in [0.29, 0.717) is 61.5 Å². The fourth-order valence-electron chi connectivity index (χ4n) is 3.18. The van der Waals surface area contributed by atoms with Crippen LogP contribution in [0.4, 0.5) is 0 Å². The summed E-state index contributed by atoms with van der Waals surface area (Å²) in [6.45, 7) is 4.61. The van der Waals surface area contributed by atoms with Crippen molar-refractivity contribution in [2.45, 2.75) is 19.9 Å². The van der Waals surface area contributed by atoms with Crippen LogP contribution in [0.1, 0.15) is 29.4 Å². The van der Waals surface area contributed by atoms with Crippen LogP contribution in [-0.4, -0.2) is 72.7 Å². The fourth-order valence-corrected chi connectivity index (χ4v) is 3.48. The van der Waals surface area contributed by atoms with E-state index < -0.39 is 0 Å². The molecule has 1 aromatic carbocycles. The molecule has 0 radical (unpaired) electrons. The lowest BCUT2D eigenvalue weighted by Gasteiger charge is -2.28. The summed E-state index contributed by atoms with van der Waals surface area (Å²) in [4.78, 5) is 29.7. The maximum atomic E-state index is 13.2. The van der Waals surface area contributed by atoms with E-state index in [9.17, 15) is 9.59 Å². The summed E-state index contributed by atoms with van der Waals surface area (Å²) < 4.78 is 12.6. The molecule has 0 fully saturated rings. The number of ether oxygens (including phenoxy) is 2. The Kier molecular flexibility index (Phi) is 11.0. The summed E-state index contributed by atoms with van der Waals surface area (Å²) in [5, 5.41) is 0.666. The molecule has 2 rings (SSSR count). The van der Waals surface area contributed by atoms with Crippen LogP contribution in [0.15, 0.2) is 36.5 Å². The number of hydrogen-bond donors (Lipinski definition) is 0. The van der Waals surface area contributed by atoms with Gasteiger partial charge in [-0.05, 0) is 43.7 Å². The average Bonchev–Trinajstić information content (AvgIpc) is 3.18. The van der Waals surface area contributed by atoms with Gasteiger partial charge in [0.1, 0.15) is 6.54 Å². The zero-order valence-electron chi connectivity index (χ0n) is 18.9. The minimum atomic E-state index is -0.279. The van der Waals surface area contributed by atoms with Gasteiger partial charge in [0.25, 0.3) is 5.91 Å². The second-order valence-corrected chi connectivity index (χ2v) is 8.14. The number of nitrogens with zero attached hydrogens (tertiary/aromatic N) is 3. The normalized spacial score (nSPS) is 10.9. The second kappa shape index (κ2) is 13.5. The Morgan fingerprint density at radius 1 is 1.06 bits per heavy atom. The Labute approximate surface area is 199 Å². The molecule has 0 spiro atoms. The minimum Gasteiger partial charge on any atom is -0.383 e. The standard InChI is InChI=1S/C23H31Cl2N3O4/c1-4-32-13-6-11-28(23(30)18-8-9-20(24)21(25)15-18)17-22(29)27(12-14-31-3)16-19-7-5-10-26(19)2/h5,7-10,15H,4,6,11-14,16-17H2,1-3H3. The number of carbonyl (C=O) groups excluding carboxylic acids is 2. The predicted octanol–water partition coefficient (Wildman–Crippen LogP) is 3.88. The fraction of sp³-hybridized carbons (Fsp3) is 0.478. The zero-order valence-corrected chi connectivity index (χ0v) is 20.4. The number of aromatic nitrogens is 1. The smallest absolute Gasteiger partial charge is 0.254 e. The number of benzene rings is 1. The average molecular weight is 484 g/mol. The van der Waals surface area contributed by atoms with Gasteiger partial charge in [0, 0.05) is 57.9 Å². The predicted molar refractivity (Wildman–Crippen MR) is 126 cm³/mol. The SMILES string of the molecule is CCOCCCN(CC(=O)N(CCOC)Cc1cccn1C)C(=O)c1ccc(Cl)c(Cl)c1. The number of halogens is 2.